The third-order valence-electron chi connectivity index (χ3n) is 3.30. The molecule has 0 aromatic heterocycles. The van der Waals surface area contributed by atoms with Gasteiger partial charge in [-0.1, -0.05) is 29.8 Å². The molecule has 0 saturated heterocycles. The number of rotatable bonds is 4. The van der Waals surface area contributed by atoms with Gasteiger partial charge in [-0.15, -0.1) is 0 Å². The number of sulfone groups is 1. The van der Waals surface area contributed by atoms with Crippen LogP contribution in [0.3, 0.4) is 0 Å². The van der Waals surface area contributed by atoms with Gasteiger partial charge in [0, 0.05) is 5.69 Å². The maximum absolute atomic E-state index is 12.4. The lowest BCUT2D eigenvalue weighted by Crippen LogP contribution is -2.11. The molecule has 0 saturated carbocycles. The molecule has 0 atom stereocenters. The molecule has 0 amide bonds. The molecular weight excluding hydrogens is 270 g/mol. The fourth-order valence-corrected chi connectivity index (χ4v) is 3.74. The smallest absolute Gasteiger partial charge is 0.178 e. The quantitative estimate of drug-likeness (QED) is 0.880. The minimum Gasteiger partial charge on any atom is -0.399 e. The van der Waals surface area contributed by atoms with E-state index in [4.69, 9.17) is 5.73 Å². The third kappa shape index (κ3) is 3.39. The van der Waals surface area contributed by atoms with Gasteiger partial charge in [0.1, 0.15) is 0 Å². The summed E-state index contributed by atoms with van der Waals surface area (Å²) in [5.74, 6) is 0.112. The fourth-order valence-electron chi connectivity index (χ4n) is 2.19. The van der Waals surface area contributed by atoms with Crippen molar-refractivity contribution in [2.75, 3.05) is 11.5 Å². The minimum absolute atomic E-state index is 0.112. The van der Waals surface area contributed by atoms with Crippen molar-refractivity contribution in [2.45, 2.75) is 25.2 Å². The summed E-state index contributed by atoms with van der Waals surface area (Å²) >= 11 is 0. The van der Waals surface area contributed by atoms with Crippen LogP contribution in [0.1, 0.15) is 16.7 Å². The Kier molecular flexibility index (Phi) is 4.14. The van der Waals surface area contributed by atoms with Crippen molar-refractivity contribution >= 4 is 15.5 Å². The lowest BCUT2D eigenvalue weighted by Gasteiger charge is -2.09. The largest absolute Gasteiger partial charge is 0.399 e. The summed E-state index contributed by atoms with van der Waals surface area (Å²) in [7, 11) is -3.25. The molecule has 2 N–H and O–H groups in total. The van der Waals surface area contributed by atoms with Crippen molar-refractivity contribution in [2.24, 2.45) is 0 Å². The van der Waals surface area contributed by atoms with Crippen molar-refractivity contribution in [1.82, 2.24) is 0 Å². The van der Waals surface area contributed by atoms with E-state index in [0.717, 1.165) is 16.7 Å². The van der Waals surface area contributed by atoms with E-state index in [0.29, 0.717) is 17.0 Å². The lowest BCUT2D eigenvalue weighted by molar-refractivity contribution is 0.594. The number of hydrogen-bond donors (Lipinski definition) is 1. The van der Waals surface area contributed by atoms with Gasteiger partial charge in [-0.2, -0.15) is 0 Å². The number of hydrogen-bond acceptors (Lipinski definition) is 3. The zero-order valence-electron chi connectivity index (χ0n) is 11.8. The van der Waals surface area contributed by atoms with E-state index in [2.05, 4.69) is 0 Å². The van der Waals surface area contributed by atoms with Crippen LogP contribution >= 0.6 is 0 Å². The van der Waals surface area contributed by atoms with Gasteiger partial charge in [0.05, 0.1) is 10.6 Å². The van der Waals surface area contributed by atoms with E-state index in [-0.39, 0.29) is 5.75 Å². The van der Waals surface area contributed by atoms with E-state index >= 15 is 0 Å². The molecule has 106 valence electrons. The van der Waals surface area contributed by atoms with E-state index in [9.17, 15) is 8.42 Å². The highest BCUT2D eigenvalue weighted by Crippen LogP contribution is 2.19. The van der Waals surface area contributed by atoms with Gasteiger partial charge in [-0.25, -0.2) is 8.42 Å². The van der Waals surface area contributed by atoms with Crippen LogP contribution in [0.25, 0.3) is 0 Å². The standard InChI is InChI=1S/C16H19NO2S/c1-12-3-8-16(13(2)11-12)20(18,19)10-9-14-4-6-15(17)7-5-14/h3-8,11H,9-10,17H2,1-2H3. The van der Waals surface area contributed by atoms with Crippen LogP contribution in [-0.2, 0) is 16.3 Å². The van der Waals surface area contributed by atoms with Crippen molar-refractivity contribution in [1.29, 1.82) is 0 Å². The normalized spacial score (nSPS) is 11.5. The summed E-state index contributed by atoms with van der Waals surface area (Å²) in [5.41, 5.74) is 9.16. The van der Waals surface area contributed by atoms with Crippen LogP contribution < -0.4 is 5.73 Å². The molecule has 0 aliphatic heterocycles. The monoisotopic (exact) mass is 289 g/mol. The van der Waals surface area contributed by atoms with Crippen molar-refractivity contribution in [3.63, 3.8) is 0 Å². The maximum Gasteiger partial charge on any atom is 0.178 e. The molecule has 2 aromatic rings. The van der Waals surface area contributed by atoms with Crippen LogP contribution in [0.2, 0.25) is 0 Å². The van der Waals surface area contributed by atoms with Gasteiger partial charge in [0.2, 0.25) is 0 Å². The fraction of sp³-hybridized carbons (Fsp3) is 0.250. The number of anilines is 1. The Morgan fingerprint density at radius 2 is 1.65 bits per heavy atom. The van der Waals surface area contributed by atoms with Crippen molar-refractivity contribution < 1.29 is 8.42 Å². The summed E-state index contributed by atoms with van der Waals surface area (Å²) in [4.78, 5) is 0.429. The second-order valence-corrected chi connectivity index (χ2v) is 7.16. The Hall–Kier alpha value is -1.81. The first-order valence-electron chi connectivity index (χ1n) is 6.53. The Labute approximate surface area is 120 Å². The molecule has 4 heteroatoms. The third-order valence-corrected chi connectivity index (χ3v) is 5.17. The van der Waals surface area contributed by atoms with Gasteiger partial charge in [0.15, 0.2) is 9.84 Å². The van der Waals surface area contributed by atoms with Crippen molar-refractivity contribution in [3.8, 4) is 0 Å². The van der Waals surface area contributed by atoms with E-state index in [1.54, 1.807) is 18.2 Å². The summed E-state index contributed by atoms with van der Waals surface area (Å²) < 4.78 is 24.8. The predicted molar refractivity (Wildman–Crippen MR) is 82.5 cm³/mol. The predicted octanol–water partition coefficient (Wildman–Crippen LogP) is 2.90. The minimum atomic E-state index is -3.25. The SMILES string of the molecule is Cc1ccc(S(=O)(=O)CCc2ccc(N)cc2)c(C)c1. The zero-order valence-corrected chi connectivity index (χ0v) is 12.6. The number of aryl methyl sites for hydroxylation is 3. The number of nitrogen functional groups attached to an aromatic ring is 1. The highest BCUT2D eigenvalue weighted by Gasteiger charge is 2.16. The number of benzene rings is 2. The van der Waals surface area contributed by atoms with Crippen molar-refractivity contribution in [3.05, 3.63) is 59.2 Å². The molecule has 0 bridgehead atoms. The molecule has 0 spiro atoms. The van der Waals surface area contributed by atoms with Gasteiger partial charge >= 0.3 is 0 Å². The summed E-state index contributed by atoms with van der Waals surface area (Å²) in [6.45, 7) is 3.79. The zero-order chi connectivity index (χ0) is 14.8. The molecule has 2 rings (SSSR count). The molecule has 0 heterocycles. The maximum atomic E-state index is 12.4. The average molecular weight is 289 g/mol. The molecule has 20 heavy (non-hydrogen) atoms. The summed E-state index contributed by atoms with van der Waals surface area (Å²) in [6, 6.07) is 12.8. The van der Waals surface area contributed by atoms with E-state index in [1.807, 2.05) is 38.1 Å². The lowest BCUT2D eigenvalue weighted by atomic mass is 10.1. The average Bonchev–Trinajstić information content (AvgIpc) is 2.37. The Balaban J connectivity index is 2.17. The van der Waals surface area contributed by atoms with Gasteiger partial charge in [-0.05, 0) is 49.6 Å². The topological polar surface area (TPSA) is 60.2 Å². The molecule has 0 aliphatic rings. The Morgan fingerprint density at radius 1 is 1.00 bits per heavy atom. The number of nitrogens with two attached hydrogens (primary N) is 1. The molecular formula is C16H19NO2S. The second-order valence-electron chi connectivity index (χ2n) is 5.08. The first-order valence-corrected chi connectivity index (χ1v) is 8.18. The molecule has 3 nitrogen and oxygen atoms in total. The van der Waals surface area contributed by atoms with Crippen LogP contribution in [0.4, 0.5) is 5.69 Å². The summed E-state index contributed by atoms with van der Waals surface area (Å²) in [6.07, 6.45) is 0.496. The van der Waals surface area contributed by atoms with Crippen LogP contribution in [0.5, 0.6) is 0 Å². The molecule has 0 aliphatic carbocycles. The van der Waals surface area contributed by atoms with E-state index in [1.165, 1.54) is 0 Å². The second kappa shape index (κ2) is 5.67. The highest BCUT2D eigenvalue weighted by molar-refractivity contribution is 7.91. The molecule has 0 unspecified atom stereocenters. The van der Waals surface area contributed by atoms with Gasteiger partial charge in [-0.3, -0.25) is 0 Å². The summed E-state index contributed by atoms with van der Waals surface area (Å²) in [5, 5.41) is 0. The molecule has 0 fully saturated rings. The first kappa shape index (κ1) is 14.6. The van der Waals surface area contributed by atoms with E-state index < -0.39 is 9.84 Å². The molecule has 2 aromatic carbocycles. The van der Waals surface area contributed by atoms with Gasteiger partial charge in [0.25, 0.3) is 0 Å². The first-order chi connectivity index (χ1) is 9.38. The Morgan fingerprint density at radius 3 is 2.25 bits per heavy atom. The highest BCUT2D eigenvalue weighted by atomic mass is 32.2. The van der Waals surface area contributed by atoms with Crippen LogP contribution in [0, 0.1) is 13.8 Å². The molecule has 0 radical (unpaired) electrons. The van der Waals surface area contributed by atoms with Crippen LogP contribution in [-0.4, -0.2) is 14.2 Å². The Bertz CT molecular complexity index is 704. The van der Waals surface area contributed by atoms with Gasteiger partial charge < -0.3 is 5.73 Å². The van der Waals surface area contributed by atoms with Crippen LogP contribution in [0.15, 0.2) is 47.4 Å².